The number of Topliss-reactive ketones (excluding diaryl/α,β-unsaturated/α-hetero) is 1. The van der Waals surface area contributed by atoms with Crippen molar-refractivity contribution in [1.82, 2.24) is 9.97 Å². The minimum Gasteiger partial charge on any atom is -0.494 e. The molecule has 0 aliphatic carbocycles. The molecule has 1 amide bonds. The predicted molar refractivity (Wildman–Crippen MR) is 128 cm³/mol. The quantitative estimate of drug-likeness (QED) is 0.173. The topological polar surface area (TPSA) is 198 Å². The van der Waals surface area contributed by atoms with Crippen molar-refractivity contribution in [3.8, 4) is 5.75 Å². The van der Waals surface area contributed by atoms with E-state index in [0.29, 0.717) is 0 Å². The number of aromatic amines is 2. The summed E-state index contributed by atoms with van der Waals surface area (Å²) in [4.78, 5) is 77.2. The summed E-state index contributed by atoms with van der Waals surface area (Å²) in [6, 6.07) is 4.80. The molecule has 14 heteroatoms. The highest BCUT2D eigenvalue weighted by Crippen LogP contribution is 2.29. The molecule has 3 N–H and O–H groups in total. The number of ether oxygens (including phenoxy) is 3. The molecule has 37 heavy (non-hydrogen) atoms. The molecule has 0 aliphatic heterocycles. The van der Waals surface area contributed by atoms with Crippen LogP contribution in [0.1, 0.15) is 27.6 Å². The molecule has 2 aromatic carbocycles. The highest BCUT2D eigenvalue weighted by Gasteiger charge is 2.25. The lowest BCUT2D eigenvalue weighted by Crippen LogP contribution is -2.32. The molecule has 14 nitrogen and oxygen atoms in total. The Balaban J connectivity index is 1.99. The van der Waals surface area contributed by atoms with Gasteiger partial charge in [0.1, 0.15) is 11.4 Å². The maximum atomic E-state index is 13.0. The van der Waals surface area contributed by atoms with Crippen molar-refractivity contribution in [1.29, 1.82) is 0 Å². The number of H-pyrrole nitrogens is 2. The summed E-state index contributed by atoms with van der Waals surface area (Å²) in [5.41, 5.74) is -1.46. The van der Waals surface area contributed by atoms with E-state index in [0.717, 1.165) is 14.0 Å². The normalized spacial score (nSPS) is 11.7. The number of anilines is 1. The second kappa shape index (κ2) is 11.1. The van der Waals surface area contributed by atoms with Gasteiger partial charge in [-0.2, -0.15) is 10.2 Å². The summed E-state index contributed by atoms with van der Waals surface area (Å²) in [5.74, 6) is -2.99. The lowest BCUT2D eigenvalue weighted by Gasteiger charge is -2.13. The van der Waals surface area contributed by atoms with Crippen LogP contribution in [0.25, 0.3) is 11.0 Å². The monoisotopic (exact) mass is 511 g/mol. The second-order valence-electron chi connectivity index (χ2n) is 7.44. The van der Waals surface area contributed by atoms with Crippen LogP contribution >= 0.6 is 0 Å². The first-order valence-corrected chi connectivity index (χ1v) is 10.5. The molecule has 0 bridgehead atoms. The van der Waals surface area contributed by atoms with Gasteiger partial charge in [-0.3, -0.25) is 19.2 Å². The number of amides is 1. The lowest BCUT2D eigenvalue weighted by atomic mass is 10.1. The van der Waals surface area contributed by atoms with Crippen LogP contribution in [0.15, 0.2) is 50.1 Å². The van der Waals surface area contributed by atoms with E-state index < -0.39 is 40.8 Å². The third-order valence-electron chi connectivity index (χ3n) is 5.04. The van der Waals surface area contributed by atoms with Gasteiger partial charge in [0.2, 0.25) is 6.04 Å². The number of benzene rings is 2. The van der Waals surface area contributed by atoms with E-state index in [1.165, 1.54) is 44.6 Å². The van der Waals surface area contributed by atoms with Crippen LogP contribution in [-0.4, -0.2) is 61.0 Å². The van der Waals surface area contributed by atoms with E-state index in [2.05, 4.69) is 30.3 Å². The number of fused-ring (bicyclic) bond motifs is 1. The Hall–Kier alpha value is -5.14. The van der Waals surface area contributed by atoms with Crippen molar-refractivity contribution in [2.24, 2.45) is 10.2 Å². The van der Waals surface area contributed by atoms with Crippen molar-refractivity contribution in [3.63, 3.8) is 0 Å². The Labute approximate surface area is 207 Å². The highest BCUT2D eigenvalue weighted by molar-refractivity contribution is 6.11. The van der Waals surface area contributed by atoms with Crippen molar-refractivity contribution in [2.45, 2.75) is 13.0 Å². The molecular weight excluding hydrogens is 490 g/mol. The smallest absolute Gasteiger partial charge is 0.340 e. The SMILES string of the molecule is COC(=O)c1ccc(C(=O)OC)c(N=NC(C(C)=O)C(=O)Nc2cc3[nH]c(=O)c(=O)[nH]c3cc2OC)c1. The number of carbonyl (C=O) groups is 4. The van der Waals surface area contributed by atoms with Crippen LogP contribution in [0, 0.1) is 0 Å². The first-order valence-electron chi connectivity index (χ1n) is 10.5. The third-order valence-corrected chi connectivity index (χ3v) is 5.04. The number of rotatable bonds is 8. The van der Waals surface area contributed by atoms with Crippen molar-refractivity contribution in [2.75, 3.05) is 26.6 Å². The van der Waals surface area contributed by atoms with Crippen LogP contribution in [0.4, 0.5) is 11.4 Å². The molecule has 3 aromatic rings. The van der Waals surface area contributed by atoms with Gasteiger partial charge in [-0.1, -0.05) is 0 Å². The fraction of sp³-hybridized carbons (Fsp3) is 0.217. The molecule has 1 unspecified atom stereocenters. The van der Waals surface area contributed by atoms with E-state index in [4.69, 9.17) is 9.47 Å². The Kier molecular flexibility index (Phi) is 7.92. The highest BCUT2D eigenvalue weighted by atomic mass is 16.5. The Morgan fingerprint density at radius 2 is 1.51 bits per heavy atom. The summed E-state index contributed by atoms with van der Waals surface area (Å²) in [6.45, 7) is 1.11. The molecule has 0 aliphatic rings. The van der Waals surface area contributed by atoms with Gasteiger partial charge in [-0.05, 0) is 31.2 Å². The van der Waals surface area contributed by atoms with Crippen LogP contribution in [0.3, 0.4) is 0 Å². The molecule has 0 saturated heterocycles. The van der Waals surface area contributed by atoms with Gasteiger partial charge >= 0.3 is 23.1 Å². The van der Waals surface area contributed by atoms with Gasteiger partial charge in [0.25, 0.3) is 5.91 Å². The minimum atomic E-state index is -1.66. The van der Waals surface area contributed by atoms with Crippen molar-refractivity contribution >= 4 is 46.0 Å². The standard InChI is InChI=1S/C23H21N5O9/c1-10(29)18(28-27-13-7-11(22(33)36-3)5-6-12(13)23(34)37-4)19(30)26-16-8-14-15(9-17(16)35-2)25-21(32)20(31)24-14/h5-9,18H,1-4H3,(H,24,31)(H,25,32)(H,26,30). The largest absolute Gasteiger partial charge is 0.494 e. The van der Waals surface area contributed by atoms with E-state index in [9.17, 15) is 28.8 Å². The van der Waals surface area contributed by atoms with Crippen LogP contribution in [-0.2, 0) is 19.1 Å². The van der Waals surface area contributed by atoms with Gasteiger partial charge in [0.05, 0.1) is 49.2 Å². The summed E-state index contributed by atoms with van der Waals surface area (Å²) >= 11 is 0. The summed E-state index contributed by atoms with van der Waals surface area (Å²) in [6.07, 6.45) is 0. The van der Waals surface area contributed by atoms with Crippen LogP contribution in [0.2, 0.25) is 0 Å². The molecule has 0 spiro atoms. The lowest BCUT2D eigenvalue weighted by molar-refractivity contribution is -0.126. The third kappa shape index (κ3) is 5.75. The van der Waals surface area contributed by atoms with Gasteiger partial charge in [-0.15, -0.1) is 0 Å². The first kappa shape index (κ1) is 26.5. The van der Waals surface area contributed by atoms with Gasteiger partial charge in [0, 0.05) is 6.07 Å². The second-order valence-corrected chi connectivity index (χ2v) is 7.44. The van der Waals surface area contributed by atoms with Gasteiger partial charge in [-0.25, -0.2) is 9.59 Å². The summed E-state index contributed by atoms with van der Waals surface area (Å²) < 4.78 is 14.6. The number of ketones is 1. The fourth-order valence-corrected chi connectivity index (χ4v) is 3.19. The Morgan fingerprint density at radius 3 is 2.08 bits per heavy atom. The number of methoxy groups -OCH3 is 3. The maximum Gasteiger partial charge on any atom is 0.340 e. The maximum absolute atomic E-state index is 13.0. The van der Waals surface area contributed by atoms with Gasteiger partial charge in [0.15, 0.2) is 5.78 Å². The molecule has 3 rings (SSSR count). The van der Waals surface area contributed by atoms with E-state index in [-0.39, 0.29) is 39.3 Å². The predicted octanol–water partition coefficient (Wildman–Crippen LogP) is 1.48. The van der Waals surface area contributed by atoms with E-state index in [1.807, 2.05) is 0 Å². The molecule has 0 fully saturated rings. The summed E-state index contributed by atoms with van der Waals surface area (Å²) in [5, 5.41) is 10.1. The molecule has 1 aromatic heterocycles. The zero-order valence-electron chi connectivity index (χ0n) is 20.0. The van der Waals surface area contributed by atoms with Gasteiger partial charge < -0.3 is 29.5 Å². The molecule has 192 valence electrons. The minimum absolute atomic E-state index is 0.0425. The average Bonchev–Trinajstić information content (AvgIpc) is 2.88. The first-order chi connectivity index (χ1) is 17.6. The zero-order chi connectivity index (χ0) is 27.3. The van der Waals surface area contributed by atoms with E-state index in [1.54, 1.807) is 0 Å². The zero-order valence-corrected chi connectivity index (χ0v) is 20.0. The molecule has 1 atom stereocenters. The molecular formula is C23H21N5O9. The van der Waals surface area contributed by atoms with Crippen LogP contribution in [0.5, 0.6) is 5.75 Å². The number of nitrogens with one attached hydrogen (secondary N) is 3. The average molecular weight is 511 g/mol. The Bertz CT molecular complexity index is 1550. The van der Waals surface area contributed by atoms with Crippen molar-refractivity contribution in [3.05, 3.63) is 62.2 Å². The molecule has 1 heterocycles. The number of carbonyl (C=O) groups excluding carboxylic acids is 4. The fourth-order valence-electron chi connectivity index (χ4n) is 3.19. The number of nitrogens with zero attached hydrogens (tertiary/aromatic N) is 2. The Morgan fingerprint density at radius 1 is 0.892 bits per heavy atom. The number of esters is 2. The molecule has 0 saturated carbocycles. The number of azo groups is 1. The van der Waals surface area contributed by atoms with E-state index >= 15 is 0 Å². The molecule has 0 radical (unpaired) electrons. The number of hydrogen-bond acceptors (Lipinski definition) is 11. The van der Waals surface area contributed by atoms with Crippen LogP contribution < -0.4 is 21.2 Å². The summed E-state index contributed by atoms with van der Waals surface area (Å²) in [7, 11) is 3.62. The number of aromatic nitrogens is 2. The van der Waals surface area contributed by atoms with Crippen molar-refractivity contribution < 1.29 is 33.4 Å². The number of hydrogen-bond donors (Lipinski definition) is 3.